The predicted octanol–water partition coefficient (Wildman–Crippen LogP) is 3.05. The first-order valence-corrected chi connectivity index (χ1v) is 8.32. The van der Waals surface area contributed by atoms with Crippen LogP contribution in [-0.2, 0) is 10.0 Å². The van der Waals surface area contributed by atoms with Gasteiger partial charge in [0.15, 0.2) is 0 Å². The van der Waals surface area contributed by atoms with E-state index in [1.807, 2.05) is 22.6 Å². The minimum atomic E-state index is -3.97. The number of nitrogens with zero attached hydrogens (tertiary/aromatic N) is 2. The quantitative estimate of drug-likeness (QED) is 0.448. The summed E-state index contributed by atoms with van der Waals surface area (Å²) < 4.78 is 27.5. The molecule has 0 spiro atoms. The summed E-state index contributed by atoms with van der Waals surface area (Å²) in [6, 6.07) is 6.32. The van der Waals surface area contributed by atoms with E-state index in [0.29, 0.717) is 0 Å². The van der Waals surface area contributed by atoms with Gasteiger partial charge in [-0.2, -0.15) is 0 Å². The van der Waals surface area contributed by atoms with Crippen LogP contribution < -0.4 is 4.72 Å². The van der Waals surface area contributed by atoms with E-state index in [1.54, 1.807) is 6.07 Å². The highest BCUT2D eigenvalue weighted by Gasteiger charge is 2.21. The lowest BCUT2D eigenvalue weighted by Gasteiger charge is -2.08. The minimum absolute atomic E-state index is 0.129. The van der Waals surface area contributed by atoms with Gasteiger partial charge in [0.1, 0.15) is 10.7 Å². The molecule has 0 atom stereocenters. The van der Waals surface area contributed by atoms with Crippen molar-refractivity contribution < 1.29 is 13.3 Å². The Morgan fingerprint density at radius 2 is 2.00 bits per heavy atom. The van der Waals surface area contributed by atoms with Crippen molar-refractivity contribution in [2.75, 3.05) is 4.72 Å². The fourth-order valence-corrected chi connectivity index (χ4v) is 3.32. The first-order chi connectivity index (χ1) is 9.79. The Morgan fingerprint density at radius 1 is 1.29 bits per heavy atom. The van der Waals surface area contributed by atoms with Gasteiger partial charge in [0.25, 0.3) is 15.7 Å². The molecule has 1 aromatic carbocycles. The maximum Gasteiger partial charge on any atom is 0.271 e. The van der Waals surface area contributed by atoms with Gasteiger partial charge < -0.3 is 0 Å². The average molecular weight is 440 g/mol. The highest BCUT2D eigenvalue weighted by Crippen LogP contribution is 2.27. The molecule has 0 saturated carbocycles. The first kappa shape index (κ1) is 15.9. The van der Waals surface area contributed by atoms with E-state index < -0.39 is 14.9 Å². The zero-order valence-electron chi connectivity index (χ0n) is 10.2. The molecule has 0 aliphatic heterocycles. The summed E-state index contributed by atoms with van der Waals surface area (Å²) in [6.07, 6.45) is 1.50. The molecule has 2 rings (SSSR count). The number of pyridine rings is 1. The van der Waals surface area contributed by atoms with E-state index in [2.05, 4.69) is 9.71 Å². The highest BCUT2D eigenvalue weighted by molar-refractivity contribution is 14.1. The van der Waals surface area contributed by atoms with Gasteiger partial charge in [-0.05, 0) is 40.8 Å². The van der Waals surface area contributed by atoms with Gasteiger partial charge in [-0.3, -0.25) is 14.8 Å². The Morgan fingerprint density at radius 3 is 2.52 bits per heavy atom. The lowest BCUT2D eigenvalue weighted by Crippen LogP contribution is -2.14. The molecule has 0 bridgehead atoms. The summed E-state index contributed by atoms with van der Waals surface area (Å²) in [6.45, 7) is 0. The molecule has 0 aliphatic carbocycles. The number of rotatable bonds is 4. The Labute approximate surface area is 138 Å². The maximum atomic E-state index is 12.2. The maximum absolute atomic E-state index is 12.2. The lowest BCUT2D eigenvalue weighted by atomic mass is 10.3. The summed E-state index contributed by atoms with van der Waals surface area (Å²) in [4.78, 5) is 13.6. The zero-order chi connectivity index (χ0) is 15.6. The van der Waals surface area contributed by atoms with Crippen LogP contribution in [0.4, 0.5) is 11.5 Å². The Kier molecular flexibility index (Phi) is 4.64. The summed E-state index contributed by atoms with van der Waals surface area (Å²) in [5, 5.41) is 10.4. The topological polar surface area (TPSA) is 102 Å². The standard InChI is InChI=1S/C11H7ClIN3O4S/c12-9-5-8(16(17)18)2-3-10(9)21(19,20)15-11-4-1-7(13)6-14-11/h1-6H,(H,14,15). The molecule has 0 saturated heterocycles. The van der Waals surface area contributed by atoms with Crippen LogP contribution in [-0.4, -0.2) is 18.3 Å². The van der Waals surface area contributed by atoms with Gasteiger partial charge in [0, 0.05) is 21.9 Å². The van der Waals surface area contributed by atoms with Crippen LogP contribution in [0.25, 0.3) is 0 Å². The van der Waals surface area contributed by atoms with Gasteiger partial charge in [-0.15, -0.1) is 0 Å². The van der Waals surface area contributed by atoms with Crippen LogP contribution in [0.5, 0.6) is 0 Å². The molecule has 0 fully saturated rings. The van der Waals surface area contributed by atoms with Crippen LogP contribution >= 0.6 is 34.2 Å². The van der Waals surface area contributed by atoms with E-state index in [9.17, 15) is 18.5 Å². The van der Waals surface area contributed by atoms with Crippen LogP contribution in [0.1, 0.15) is 0 Å². The third-order valence-corrected chi connectivity index (χ3v) is 4.86. The summed E-state index contributed by atoms with van der Waals surface area (Å²) in [7, 11) is -3.97. The summed E-state index contributed by atoms with van der Waals surface area (Å²) >= 11 is 7.84. The number of hydrogen-bond acceptors (Lipinski definition) is 5. The number of nitro benzene ring substituents is 1. The van der Waals surface area contributed by atoms with Crippen LogP contribution in [0.3, 0.4) is 0 Å². The van der Waals surface area contributed by atoms with E-state index in [1.165, 1.54) is 12.3 Å². The van der Waals surface area contributed by atoms with Gasteiger partial charge in [0.2, 0.25) is 0 Å². The number of sulfonamides is 1. The number of benzene rings is 1. The number of nitrogens with one attached hydrogen (secondary N) is 1. The van der Waals surface area contributed by atoms with Crippen molar-refractivity contribution in [3.8, 4) is 0 Å². The summed E-state index contributed by atoms with van der Waals surface area (Å²) in [5.41, 5.74) is -0.286. The van der Waals surface area contributed by atoms with Crippen LogP contribution in [0.2, 0.25) is 5.02 Å². The molecule has 1 N–H and O–H groups in total. The SMILES string of the molecule is O=[N+]([O-])c1ccc(S(=O)(=O)Nc2ccc(I)cn2)c(Cl)c1. The minimum Gasteiger partial charge on any atom is -0.263 e. The lowest BCUT2D eigenvalue weighted by molar-refractivity contribution is -0.384. The van der Waals surface area contributed by atoms with E-state index in [-0.39, 0.29) is 21.4 Å². The van der Waals surface area contributed by atoms with Crippen LogP contribution in [0, 0.1) is 13.7 Å². The third-order valence-electron chi connectivity index (χ3n) is 2.38. The molecular weight excluding hydrogens is 433 g/mol. The number of hydrogen-bond donors (Lipinski definition) is 1. The molecule has 2 aromatic rings. The molecule has 1 aromatic heterocycles. The Balaban J connectivity index is 2.35. The Hall–Kier alpha value is -1.46. The third kappa shape index (κ3) is 3.80. The molecule has 21 heavy (non-hydrogen) atoms. The molecule has 0 radical (unpaired) electrons. The number of nitro groups is 1. The molecule has 7 nitrogen and oxygen atoms in total. The number of non-ortho nitro benzene ring substituents is 1. The first-order valence-electron chi connectivity index (χ1n) is 5.38. The fourth-order valence-electron chi connectivity index (χ4n) is 1.45. The van der Waals surface area contributed by atoms with Gasteiger partial charge in [-0.25, -0.2) is 13.4 Å². The van der Waals surface area contributed by atoms with Crippen molar-refractivity contribution in [3.05, 3.63) is 55.2 Å². The second-order valence-corrected chi connectivity index (χ2v) is 7.14. The highest BCUT2D eigenvalue weighted by atomic mass is 127. The normalized spacial score (nSPS) is 11.1. The van der Waals surface area contributed by atoms with Crippen molar-refractivity contribution in [1.82, 2.24) is 4.98 Å². The number of aromatic nitrogens is 1. The molecule has 0 amide bonds. The van der Waals surface area contributed by atoms with Crippen molar-refractivity contribution in [2.24, 2.45) is 0 Å². The molecular formula is C11H7ClIN3O4S. The summed E-state index contributed by atoms with van der Waals surface area (Å²) in [5.74, 6) is 0.129. The van der Waals surface area contributed by atoms with Crippen LogP contribution in [0.15, 0.2) is 41.4 Å². The molecule has 110 valence electrons. The van der Waals surface area contributed by atoms with Gasteiger partial charge in [0.05, 0.1) is 9.95 Å². The largest absolute Gasteiger partial charge is 0.271 e. The number of anilines is 1. The second-order valence-electron chi connectivity index (χ2n) is 3.84. The fraction of sp³-hybridized carbons (Fsp3) is 0. The molecule has 0 unspecified atom stereocenters. The predicted molar refractivity (Wildman–Crippen MR) is 85.9 cm³/mol. The smallest absolute Gasteiger partial charge is 0.263 e. The van der Waals surface area contributed by atoms with E-state index in [4.69, 9.17) is 11.6 Å². The van der Waals surface area contributed by atoms with Gasteiger partial charge >= 0.3 is 0 Å². The van der Waals surface area contributed by atoms with Crippen molar-refractivity contribution >= 4 is 55.7 Å². The number of halogens is 2. The molecule has 10 heteroatoms. The van der Waals surface area contributed by atoms with E-state index in [0.717, 1.165) is 21.8 Å². The van der Waals surface area contributed by atoms with Crippen molar-refractivity contribution in [2.45, 2.75) is 4.90 Å². The Bertz CT molecular complexity index is 796. The monoisotopic (exact) mass is 439 g/mol. The van der Waals surface area contributed by atoms with Crippen molar-refractivity contribution in [1.29, 1.82) is 0 Å². The van der Waals surface area contributed by atoms with E-state index >= 15 is 0 Å². The average Bonchev–Trinajstić information content (AvgIpc) is 2.40. The zero-order valence-corrected chi connectivity index (χ0v) is 13.9. The molecule has 1 heterocycles. The van der Waals surface area contributed by atoms with Gasteiger partial charge in [-0.1, -0.05) is 11.6 Å². The molecule has 0 aliphatic rings. The second kappa shape index (κ2) is 6.12. The van der Waals surface area contributed by atoms with Crippen molar-refractivity contribution in [3.63, 3.8) is 0 Å².